The molecule has 2 heterocycles. The lowest BCUT2D eigenvalue weighted by molar-refractivity contribution is 0.108. The molecule has 1 saturated heterocycles. The second-order valence-corrected chi connectivity index (χ2v) is 6.38. The highest BCUT2D eigenvalue weighted by atomic mass is 16.5. The Kier molecular flexibility index (Phi) is 5.17. The number of aromatic nitrogens is 1. The summed E-state index contributed by atoms with van der Waals surface area (Å²) in [7, 11) is 0. The number of rotatable bonds is 7. The van der Waals surface area contributed by atoms with Crippen LogP contribution in [0.4, 0.5) is 0 Å². The highest BCUT2D eigenvalue weighted by Crippen LogP contribution is 2.36. The van der Waals surface area contributed by atoms with Crippen LogP contribution in [-0.2, 0) is 6.61 Å². The van der Waals surface area contributed by atoms with E-state index in [0.717, 1.165) is 30.8 Å². The summed E-state index contributed by atoms with van der Waals surface area (Å²) in [4.78, 5) is 4.32. The first-order valence-corrected chi connectivity index (χ1v) is 8.92. The molecule has 26 heavy (non-hydrogen) atoms. The molecule has 5 heteroatoms. The van der Waals surface area contributed by atoms with Gasteiger partial charge in [-0.1, -0.05) is 42.5 Å². The molecular weight excluding hydrogens is 328 g/mol. The van der Waals surface area contributed by atoms with Crippen molar-refractivity contribution in [2.24, 2.45) is 5.92 Å². The monoisotopic (exact) mass is 350 g/mol. The zero-order chi connectivity index (χ0) is 17.6. The third-order valence-electron chi connectivity index (χ3n) is 4.56. The number of nitrogens with one attached hydrogen (secondary N) is 1. The van der Waals surface area contributed by atoms with E-state index in [2.05, 4.69) is 10.3 Å². The molecule has 0 spiro atoms. The fourth-order valence-electron chi connectivity index (χ4n) is 3.20. The maximum Gasteiger partial charge on any atom is 0.235 e. The number of nitrogens with zero attached hydrogens (tertiary/aromatic N) is 1. The molecule has 1 aliphatic rings. The van der Waals surface area contributed by atoms with Crippen LogP contribution in [-0.4, -0.2) is 18.1 Å². The quantitative estimate of drug-likeness (QED) is 0.698. The minimum atomic E-state index is -0.235. The van der Waals surface area contributed by atoms with Gasteiger partial charge in [-0.05, 0) is 30.7 Å². The van der Waals surface area contributed by atoms with Gasteiger partial charge in [0.05, 0.1) is 6.20 Å². The Morgan fingerprint density at radius 3 is 2.62 bits per heavy atom. The molecule has 0 saturated carbocycles. The average molecular weight is 350 g/mol. The van der Waals surface area contributed by atoms with E-state index in [0.29, 0.717) is 24.2 Å². The van der Waals surface area contributed by atoms with Gasteiger partial charge in [0.1, 0.15) is 12.9 Å². The molecule has 0 amide bonds. The van der Waals surface area contributed by atoms with Crippen LogP contribution in [0.2, 0.25) is 0 Å². The molecule has 0 unspecified atom stereocenters. The third kappa shape index (κ3) is 3.89. The largest absolute Gasteiger partial charge is 0.485 e. The van der Waals surface area contributed by atoms with E-state index in [4.69, 9.17) is 13.9 Å². The van der Waals surface area contributed by atoms with Crippen LogP contribution in [0.1, 0.15) is 24.0 Å². The molecule has 2 aromatic carbocycles. The van der Waals surface area contributed by atoms with Crippen molar-refractivity contribution < 1.29 is 13.9 Å². The second kappa shape index (κ2) is 8.06. The van der Waals surface area contributed by atoms with Gasteiger partial charge in [0.2, 0.25) is 5.89 Å². The average Bonchev–Trinajstić information content (AvgIpc) is 3.40. The van der Waals surface area contributed by atoms with E-state index >= 15 is 0 Å². The number of para-hydroxylation sites is 2. The topological polar surface area (TPSA) is 56.5 Å². The number of benzene rings is 2. The van der Waals surface area contributed by atoms with E-state index in [1.165, 1.54) is 0 Å². The number of hydrogen-bond acceptors (Lipinski definition) is 5. The van der Waals surface area contributed by atoms with Crippen LogP contribution >= 0.6 is 0 Å². The van der Waals surface area contributed by atoms with Gasteiger partial charge in [0.15, 0.2) is 17.6 Å². The summed E-state index contributed by atoms with van der Waals surface area (Å²) in [5.41, 5.74) is 1.12. The molecule has 2 atom stereocenters. The smallest absolute Gasteiger partial charge is 0.235 e. The molecule has 4 rings (SSSR count). The van der Waals surface area contributed by atoms with Crippen LogP contribution in [0.3, 0.4) is 0 Å². The number of oxazole rings is 1. The van der Waals surface area contributed by atoms with Gasteiger partial charge in [0, 0.05) is 12.5 Å². The Bertz CT molecular complexity index is 799. The lowest BCUT2D eigenvalue weighted by Crippen LogP contribution is -2.22. The lowest BCUT2D eigenvalue weighted by Gasteiger charge is -2.23. The predicted octanol–water partition coefficient (Wildman–Crippen LogP) is 3.98. The van der Waals surface area contributed by atoms with Crippen molar-refractivity contribution in [2.75, 3.05) is 13.1 Å². The fraction of sp³-hybridized carbons (Fsp3) is 0.286. The molecule has 0 radical (unpaired) electrons. The Balaban J connectivity index is 1.52. The van der Waals surface area contributed by atoms with Crippen molar-refractivity contribution in [3.8, 4) is 11.5 Å². The molecule has 5 nitrogen and oxygen atoms in total. The first-order valence-electron chi connectivity index (χ1n) is 8.92. The van der Waals surface area contributed by atoms with E-state index in [1.807, 2.05) is 54.6 Å². The first kappa shape index (κ1) is 16.7. The van der Waals surface area contributed by atoms with Crippen molar-refractivity contribution in [1.29, 1.82) is 0 Å². The molecular formula is C21H22N2O3. The van der Waals surface area contributed by atoms with Gasteiger partial charge in [-0.3, -0.25) is 0 Å². The zero-order valence-corrected chi connectivity index (χ0v) is 14.5. The molecule has 134 valence electrons. The van der Waals surface area contributed by atoms with E-state index < -0.39 is 0 Å². The predicted molar refractivity (Wildman–Crippen MR) is 98.1 cm³/mol. The van der Waals surface area contributed by atoms with Gasteiger partial charge < -0.3 is 19.2 Å². The molecule has 1 fully saturated rings. The van der Waals surface area contributed by atoms with Crippen molar-refractivity contribution in [1.82, 2.24) is 10.3 Å². The van der Waals surface area contributed by atoms with E-state index in [1.54, 1.807) is 12.5 Å². The molecule has 0 bridgehead atoms. The standard InChI is InChI=1S/C21H22N2O3/c1-2-6-16(7-3-1)15-25-18-8-4-5-9-19(18)26-20(17-10-11-22-14-17)21-23-12-13-24-21/h1-9,12-13,17,20,22H,10-11,14-15H2/t17-,20+/m1/s1. The minimum Gasteiger partial charge on any atom is -0.485 e. The molecule has 1 aromatic heterocycles. The summed E-state index contributed by atoms with van der Waals surface area (Å²) >= 11 is 0. The van der Waals surface area contributed by atoms with Crippen LogP contribution in [0, 0.1) is 5.92 Å². The fourth-order valence-corrected chi connectivity index (χ4v) is 3.20. The first-order chi connectivity index (χ1) is 12.9. The van der Waals surface area contributed by atoms with Crippen LogP contribution in [0.25, 0.3) is 0 Å². The van der Waals surface area contributed by atoms with Crippen molar-refractivity contribution in [2.45, 2.75) is 19.1 Å². The molecule has 1 aliphatic heterocycles. The summed E-state index contributed by atoms with van der Waals surface area (Å²) in [6, 6.07) is 17.9. The molecule has 3 aromatic rings. The van der Waals surface area contributed by atoms with Gasteiger partial charge >= 0.3 is 0 Å². The normalized spacial score (nSPS) is 17.8. The highest BCUT2D eigenvalue weighted by Gasteiger charge is 2.32. The van der Waals surface area contributed by atoms with Crippen LogP contribution < -0.4 is 14.8 Å². The highest BCUT2D eigenvalue weighted by molar-refractivity contribution is 5.40. The third-order valence-corrected chi connectivity index (χ3v) is 4.56. The zero-order valence-electron chi connectivity index (χ0n) is 14.5. The van der Waals surface area contributed by atoms with Crippen LogP contribution in [0.15, 0.2) is 71.5 Å². The van der Waals surface area contributed by atoms with Crippen molar-refractivity contribution in [3.05, 3.63) is 78.5 Å². The van der Waals surface area contributed by atoms with E-state index in [-0.39, 0.29) is 6.10 Å². The number of hydrogen-bond donors (Lipinski definition) is 1. The molecule has 0 aliphatic carbocycles. The second-order valence-electron chi connectivity index (χ2n) is 6.38. The van der Waals surface area contributed by atoms with Gasteiger partial charge in [-0.25, -0.2) is 4.98 Å². The summed E-state index contributed by atoms with van der Waals surface area (Å²) in [5.74, 6) is 2.35. The SMILES string of the molecule is c1ccc(COc2ccccc2O[C@H](c2ncco2)[C@@H]2CCNC2)cc1. The van der Waals surface area contributed by atoms with Gasteiger partial charge in [-0.2, -0.15) is 0 Å². The van der Waals surface area contributed by atoms with Gasteiger partial charge in [0.25, 0.3) is 0 Å². The maximum atomic E-state index is 6.34. The Labute approximate surface area is 153 Å². The van der Waals surface area contributed by atoms with Gasteiger partial charge in [-0.15, -0.1) is 0 Å². The summed E-state index contributed by atoms with van der Waals surface area (Å²) in [5, 5.41) is 3.38. The lowest BCUT2D eigenvalue weighted by atomic mass is 10.0. The minimum absolute atomic E-state index is 0.235. The number of ether oxygens (including phenoxy) is 2. The molecule has 1 N–H and O–H groups in total. The van der Waals surface area contributed by atoms with Crippen molar-refractivity contribution in [3.63, 3.8) is 0 Å². The van der Waals surface area contributed by atoms with E-state index in [9.17, 15) is 0 Å². The Morgan fingerprint density at radius 1 is 1.08 bits per heavy atom. The summed E-state index contributed by atoms with van der Waals surface area (Å²) < 4.78 is 17.9. The Morgan fingerprint density at radius 2 is 1.88 bits per heavy atom. The van der Waals surface area contributed by atoms with Crippen molar-refractivity contribution >= 4 is 0 Å². The Hall–Kier alpha value is -2.79. The summed E-state index contributed by atoms with van der Waals surface area (Å²) in [6.45, 7) is 2.37. The summed E-state index contributed by atoms with van der Waals surface area (Å²) in [6.07, 6.45) is 4.04. The maximum absolute atomic E-state index is 6.34. The van der Waals surface area contributed by atoms with Crippen LogP contribution in [0.5, 0.6) is 11.5 Å².